The van der Waals surface area contributed by atoms with Crippen LogP contribution in [0.15, 0.2) is 12.1 Å². The number of benzene rings is 1. The molecular formula is C11H12ClF3N2O. The SMILES string of the molecule is Cl.O=C(Nc1cc(F)c(F)cc1F)[C@@H]1CCCN1. The minimum absolute atomic E-state index is 0. The highest BCUT2D eigenvalue weighted by Gasteiger charge is 2.23. The van der Waals surface area contributed by atoms with Gasteiger partial charge in [0.25, 0.3) is 0 Å². The largest absolute Gasteiger partial charge is 0.322 e. The molecule has 0 aromatic heterocycles. The van der Waals surface area contributed by atoms with Crippen LogP contribution in [0.25, 0.3) is 0 Å². The van der Waals surface area contributed by atoms with Gasteiger partial charge in [0.1, 0.15) is 5.82 Å². The van der Waals surface area contributed by atoms with Crippen LogP contribution >= 0.6 is 12.4 Å². The Bertz CT molecular complexity index is 450. The molecule has 1 heterocycles. The molecule has 0 unspecified atom stereocenters. The van der Waals surface area contributed by atoms with Crippen LogP contribution in [-0.2, 0) is 4.79 Å². The number of anilines is 1. The maximum Gasteiger partial charge on any atom is 0.241 e. The van der Waals surface area contributed by atoms with Gasteiger partial charge in [-0.1, -0.05) is 0 Å². The Balaban J connectivity index is 0.00000162. The number of halogens is 4. The highest BCUT2D eigenvalue weighted by atomic mass is 35.5. The second-order valence-electron chi connectivity index (χ2n) is 3.88. The first-order valence-corrected chi connectivity index (χ1v) is 5.26. The summed E-state index contributed by atoms with van der Waals surface area (Å²) in [6.07, 6.45) is 1.51. The number of hydrogen-bond donors (Lipinski definition) is 2. The molecule has 100 valence electrons. The average molecular weight is 281 g/mol. The zero-order valence-corrected chi connectivity index (χ0v) is 10.1. The highest BCUT2D eigenvalue weighted by molar-refractivity contribution is 5.95. The quantitative estimate of drug-likeness (QED) is 0.816. The number of carbonyl (C=O) groups excluding carboxylic acids is 1. The van der Waals surface area contributed by atoms with Crippen molar-refractivity contribution < 1.29 is 18.0 Å². The van der Waals surface area contributed by atoms with E-state index in [1.807, 2.05) is 0 Å². The van der Waals surface area contributed by atoms with Crippen LogP contribution in [0, 0.1) is 17.5 Å². The Morgan fingerprint density at radius 1 is 1.22 bits per heavy atom. The van der Waals surface area contributed by atoms with E-state index in [2.05, 4.69) is 10.6 Å². The van der Waals surface area contributed by atoms with E-state index in [1.54, 1.807) is 0 Å². The zero-order chi connectivity index (χ0) is 12.4. The van der Waals surface area contributed by atoms with Crippen LogP contribution in [-0.4, -0.2) is 18.5 Å². The van der Waals surface area contributed by atoms with Crippen molar-refractivity contribution >= 4 is 24.0 Å². The van der Waals surface area contributed by atoms with Crippen LogP contribution in [0.2, 0.25) is 0 Å². The van der Waals surface area contributed by atoms with Gasteiger partial charge in [0.05, 0.1) is 11.7 Å². The second-order valence-corrected chi connectivity index (χ2v) is 3.88. The molecule has 7 heteroatoms. The van der Waals surface area contributed by atoms with Crippen LogP contribution in [0.1, 0.15) is 12.8 Å². The van der Waals surface area contributed by atoms with E-state index in [9.17, 15) is 18.0 Å². The molecule has 0 bridgehead atoms. The Kier molecular flexibility index (Phi) is 4.98. The maximum absolute atomic E-state index is 13.2. The smallest absolute Gasteiger partial charge is 0.241 e. The summed E-state index contributed by atoms with van der Waals surface area (Å²) in [7, 11) is 0. The van der Waals surface area contributed by atoms with Crippen LogP contribution < -0.4 is 10.6 Å². The van der Waals surface area contributed by atoms with Crippen LogP contribution in [0.4, 0.5) is 18.9 Å². The third kappa shape index (κ3) is 3.14. The summed E-state index contributed by atoms with van der Waals surface area (Å²) in [5.74, 6) is -3.90. The highest BCUT2D eigenvalue weighted by Crippen LogP contribution is 2.19. The Morgan fingerprint density at radius 3 is 2.50 bits per heavy atom. The summed E-state index contributed by atoms with van der Waals surface area (Å²) < 4.78 is 38.8. The third-order valence-electron chi connectivity index (χ3n) is 2.64. The summed E-state index contributed by atoms with van der Waals surface area (Å²) in [5, 5.41) is 5.16. The van der Waals surface area contributed by atoms with Gasteiger partial charge in [-0.05, 0) is 19.4 Å². The molecule has 0 aliphatic carbocycles. The topological polar surface area (TPSA) is 41.1 Å². The first kappa shape index (κ1) is 14.8. The number of rotatable bonds is 2. The zero-order valence-electron chi connectivity index (χ0n) is 9.30. The van der Waals surface area contributed by atoms with Gasteiger partial charge >= 0.3 is 0 Å². The molecule has 1 aromatic rings. The van der Waals surface area contributed by atoms with Gasteiger partial charge in [0.15, 0.2) is 11.6 Å². The minimum atomic E-state index is -1.28. The fraction of sp³-hybridized carbons (Fsp3) is 0.364. The molecule has 1 amide bonds. The summed E-state index contributed by atoms with van der Waals surface area (Å²) >= 11 is 0. The van der Waals surface area contributed by atoms with Gasteiger partial charge < -0.3 is 10.6 Å². The Morgan fingerprint density at radius 2 is 1.89 bits per heavy atom. The second kappa shape index (κ2) is 6.06. The minimum Gasteiger partial charge on any atom is -0.322 e. The van der Waals surface area contributed by atoms with Crippen molar-refractivity contribution in [2.75, 3.05) is 11.9 Å². The summed E-state index contributed by atoms with van der Waals surface area (Å²) in [4.78, 5) is 11.6. The Labute approximate surface area is 108 Å². The fourth-order valence-electron chi connectivity index (χ4n) is 1.75. The van der Waals surface area contributed by atoms with Gasteiger partial charge in [-0.2, -0.15) is 0 Å². The molecule has 18 heavy (non-hydrogen) atoms. The first-order chi connectivity index (χ1) is 8.08. The van der Waals surface area contributed by atoms with Gasteiger partial charge in [0.2, 0.25) is 5.91 Å². The molecular weight excluding hydrogens is 269 g/mol. The van der Waals surface area contributed by atoms with Crippen molar-refractivity contribution in [1.29, 1.82) is 0 Å². The normalized spacial score (nSPS) is 18.3. The van der Waals surface area contributed by atoms with E-state index >= 15 is 0 Å². The van der Waals surface area contributed by atoms with Crippen molar-refractivity contribution in [3.8, 4) is 0 Å². The molecule has 2 N–H and O–H groups in total. The lowest BCUT2D eigenvalue weighted by molar-refractivity contribution is -0.117. The molecule has 1 fully saturated rings. The van der Waals surface area contributed by atoms with Gasteiger partial charge in [0, 0.05) is 12.1 Å². The lowest BCUT2D eigenvalue weighted by Crippen LogP contribution is -2.35. The summed E-state index contributed by atoms with van der Waals surface area (Å²) in [6, 6.07) is 0.646. The predicted octanol–water partition coefficient (Wildman–Crippen LogP) is 2.22. The van der Waals surface area contributed by atoms with E-state index in [-0.39, 0.29) is 18.1 Å². The molecule has 1 atom stereocenters. The van der Waals surface area contributed by atoms with E-state index in [0.29, 0.717) is 18.6 Å². The summed E-state index contributed by atoms with van der Waals surface area (Å²) in [6.45, 7) is 0.721. The number of hydrogen-bond acceptors (Lipinski definition) is 2. The van der Waals surface area contributed by atoms with Gasteiger partial charge in [-0.3, -0.25) is 4.79 Å². The monoisotopic (exact) mass is 280 g/mol. The molecule has 0 spiro atoms. The number of nitrogens with one attached hydrogen (secondary N) is 2. The van der Waals surface area contributed by atoms with Crippen LogP contribution in [0.5, 0.6) is 0 Å². The lowest BCUT2D eigenvalue weighted by Gasteiger charge is -2.11. The van der Waals surface area contributed by atoms with Crippen LogP contribution in [0.3, 0.4) is 0 Å². The predicted molar refractivity (Wildman–Crippen MR) is 63.2 cm³/mol. The molecule has 1 aliphatic rings. The number of amides is 1. The third-order valence-corrected chi connectivity index (χ3v) is 2.64. The molecule has 0 saturated carbocycles. The van der Waals surface area contributed by atoms with Crippen molar-refractivity contribution in [3.05, 3.63) is 29.6 Å². The molecule has 2 rings (SSSR count). The molecule has 0 radical (unpaired) electrons. The van der Waals surface area contributed by atoms with Crippen molar-refractivity contribution in [2.24, 2.45) is 0 Å². The lowest BCUT2D eigenvalue weighted by atomic mass is 10.2. The molecule has 1 aromatic carbocycles. The first-order valence-electron chi connectivity index (χ1n) is 5.26. The van der Waals surface area contributed by atoms with E-state index < -0.39 is 29.4 Å². The fourth-order valence-corrected chi connectivity index (χ4v) is 1.75. The van der Waals surface area contributed by atoms with E-state index in [4.69, 9.17) is 0 Å². The summed E-state index contributed by atoms with van der Waals surface area (Å²) in [5.41, 5.74) is -0.345. The van der Waals surface area contributed by atoms with Gasteiger partial charge in [-0.15, -0.1) is 12.4 Å². The maximum atomic E-state index is 13.2. The van der Waals surface area contributed by atoms with Crippen molar-refractivity contribution in [3.63, 3.8) is 0 Å². The molecule has 1 aliphatic heterocycles. The standard InChI is InChI=1S/C11H11F3N2O.ClH/c12-6-4-8(14)10(5-7(6)13)16-11(17)9-2-1-3-15-9;/h4-5,9,15H,1-3H2,(H,16,17);1H/t9-;/m0./s1. The Hall–Kier alpha value is -1.27. The number of carbonyl (C=O) groups is 1. The molecule has 3 nitrogen and oxygen atoms in total. The van der Waals surface area contributed by atoms with Crippen molar-refractivity contribution in [1.82, 2.24) is 5.32 Å². The van der Waals surface area contributed by atoms with E-state index in [1.165, 1.54) is 0 Å². The van der Waals surface area contributed by atoms with E-state index in [0.717, 1.165) is 13.0 Å². The van der Waals surface area contributed by atoms with Crippen molar-refractivity contribution in [2.45, 2.75) is 18.9 Å². The molecule has 1 saturated heterocycles. The average Bonchev–Trinajstić information content (AvgIpc) is 2.79. The van der Waals surface area contributed by atoms with Gasteiger partial charge in [-0.25, -0.2) is 13.2 Å².